The molecule has 1 atom stereocenters. The molecule has 1 unspecified atom stereocenters. The minimum atomic E-state index is -1.87. The molecule has 0 fully saturated rings. The summed E-state index contributed by atoms with van der Waals surface area (Å²) < 4.78 is 20.9. The Balaban J connectivity index is 3.01. The first kappa shape index (κ1) is 20.0. The molecule has 120 valence electrons. The van der Waals surface area contributed by atoms with E-state index in [1.54, 1.807) is 0 Å². The van der Waals surface area contributed by atoms with Crippen LogP contribution in [-0.4, -0.2) is 13.2 Å². The van der Waals surface area contributed by atoms with Crippen molar-refractivity contribution in [1.82, 2.24) is 0 Å². The van der Waals surface area contributed by atoms with Crippen LogP contribution in [0.4, 0.5) is 0 Å². The lowest BCUT2D eigenvalue weighted by molar-refractivity contribution is 0.229. The van der Waals surface area contributed by atoms with E-state index in [-0.39, 0.29) is 0 Å². The molecule has 0 radical (unpaired) electrons. The third kappa shape index (κ3) is 16.1. The average molecular weight is 305 g/mol. The smallest absolute Gasteiger partial charge is 0.119 e. The summed E-state index contributed by atoms with van der Waals surface area (Å²) in [5.74, 6) is 0. The topological polar surface area (TPSA) is 35.5 Å². The van der Waals surface area contributed by atoms with Gasteiger partial charge in [0.15, 0.2) is 0 Å². The maximum Gasteiger partial charge on any atom is 0.697 e. The highest BCUT2D eigenvalue weighted by Crippen LogP contribution is 2.23. The molecule has 0 aromatic rings. The minimum Gasteiger partial charge on any atom is -0.119 e. The molecule has 3 nitrogen and oxygen atoms in total. The molecule has 20 heavy (non-hydrogen) atoms. The van der Waals surface area contributed by atoms with Crippen molar-refractivity contribution in [3.05, 3.63) is 0 Å². The highest BCUT2D eigenvalue weighted by molar-refractivity contribution is 7.33. The monoisotopic (exact) mass is 305 g/mol. The lowest BCUT2D eigenvalue weighted by Gasteiger charge is -2.01. The summed E-state index contributed by atoms with van der Waals surface area (Å²) in [6.45, 7) is 5.10. The Hall–Kier alpha value is 0.0200. The van der Waals surface area contributed by atoms with Gasteiger partial charge in [0.05, 0.1) is 0 Å². The van der Waals surface area contributed by atoms with Crippen molar-refractivity contribution in [3.63, 3.8) is 0 Å². The highest BCUT2D eigenvalue weighted by atomic mass is 31.1. The van der Waals surface area contributed by atoms with Crippen molar-refractivity contribution < 1.29 is 13.6 Å². The molecule has 0 spiro atoms. The van der Waals surface area contributed by atoms with Crippen molar-refractivity contribution >= 4 is 8.25 Å². The first-order valence-corrected chi connectivity index (χ1v) is 9.63. The van der Waals surface area contributed by atoms with E-state index < -0.39 is 8.25 Å². The third-order valence-electron chi connectivity index (χ3n) is 3.43. The van der Waals surface area contributed by atoms with E-state index in [9.17, 15) is 4.57 Å². The molecule has 0 amide bonds. The summed E-state index contributed by atoms with van der Waals surface area (Å²) in [6, 6.07) is 0. The van der Waals surface area contributed by atoms with Gasteiger partial charge in [-0.15, -0.1) is 9.05 Å². The fraction of sp³-hybridized carbons (Fsp3) is 1.00. The van der Waals surface area contributed by atoms with E-state index in [2.05, 4.69) is 6.92 Å². The minimum absolute atomic E-state index is 0.452. The molecule has 0 saturated carbocycles. The van der Waals surface area contributed by atoms with Crippen LogP contribution in [0.5, 0.6) is 0 Å². The molecule has 0 rings (SSSR count). The Kier molecular flexibility index (Phi) is 17.1. The van der Waals surface area contributed by atoms with Crippen LogP contribution in [0.1, 0.15) is 90.9 Å². The Morgan fingerprint density at radius 2 is 1.10 bits per heavy atom. The highest BCUT2D eigenvalue weighted by Gasteiger charge is 2.17. The largest absolute Gasteiger partial charge is 0.697 e. The number of rotatable bonds is 16. The standard InChI is InChI=1S/C16H34O3P/c1-3-5-6-7-8-9-10-11-12-13-14-15-16-19-20(17)18-4-2/h3-16H2,1-2H3/q+1. The van der Waals surface area contributed by atoms with Crippen LogP contribution in [0.15, 0.2) is 0 Å². The van der Waals surface area contributed by atoms with Crippen molar-refractivity contribution in [2.75, 3.05) is 13.2 Å². The zero-order valence-electron chi connectivity index (χ0n) is 13.6. The maximum atomic E-state index is 11.0. The Morgan fingerprint density at radius 3 is 1.55 bits per heavy atom. The molecule has 0 aromatic carbocycles. The molecule has 0 bridgehead atoms. The first-order valence-electron chi connectivity index (χ1n) is 8.54. The van der Waals surface area contributed by atoms with Gasteiger partial charge >= 0.3 is 8.25 Å². The Bertz CT molecular complexity index is 210. The van der Waals surface area contributed by atoms with Gasteiger partial charge < -0.3 is 0 Å². The van der Waals surface area contributed by atoms with Gasteiger partial charge in [-0.2, -0.15) is 0 Å². The van der Waals surface area contributed by atoms with Crippen LogP contribution >= 0.6 is 8.25 Å². The number of unbranched alkanes of at least 4 members (excludes halogenated alkanes) is 11. The van der Waals surface area contributed by atoms with E-state index in [0.717, 1.165) is 6.42 Å². The molecule has 0 aromatic heterocycles. The SMILES string of the molecule is CCCCCCCCCCCCCCO[P+](=O)OCC. The molecule has 0 N–H and O–H groups in total. The summed E-state index contributed by atoms with van der Waals surface area (Å²) in [4.78, 5) is 0. The lowest BCUT2D eigenvalue weighted by atomic mass is 10.1. The zero-order valence-corrected chi connectivity index (χ0v) is 14.5. The summed E-state index contributed by atoms with van der Waals surface area (Å²) in [6.07, 6.45) is 15.9. The van der Waals surface area contributed by atoms with Crippen LogP contribution < -0.4 is 0 Å². The Labute approximate surface area is 126 Å². The third-order valence-corrected chi connectivity index (χ3v) is 4.29. The fourth-order valence-corrected chi connectivity index (χ4v) is 2.79. The predicted octanol–water partition coefficient (Wildman–Crippen LogP) is 6.40. The van der Waals surface area contributed by atoms with Gasteiger partial charge in [-0.25, -0.2) is 0 Å². The summed E-state index contributed by atoms with van der Waals surface area (Å²) in [7, 11) is -1.87. The quantitative estimate of drug-likeness (QED) is 0.244. The Morgan fingerprint density at radius 1 is 0.650 bits per heavy atom. The van der Waals surface area contributed by atoms with Crippen molar-refractivity contribution in [1.29, 1.82) is 0 Å². The van der Waals surface area contributed by atoms with E-state index in [1.165, 1.54) is 70.6 Å². The predicted molar refractivity (Wildman–Crippen MR) is 86.3 cm³/mol. The second kappa shape index (κ2) is 17.1. The van der Waals surface area contributed by atoms with Crippen LogP contribution in [0.2, 0.25) is 0 Å². The van der Waals surface area contributed by atoms with E-state index in [4.69, 9.17) is 9.05 Å². The summed E-state index contributed by atoms with van der Waals surface area (Å²) in [5.41, 5.74) is 0. The molecular formula is C16H34O3P+. The first-order chi connectivity index (χ1) is 9.81. The van der Waals surface area contributed by atoms with Crippen molar-refractivity contribution in [3.8, 4) is 0 Å². The summed E-state index contributed by atoms with van der Waals surface area (Å²) >= 11 is 0. The van der Waals surface area contributed by atoms with Gasteiger partial charge in [-0.05, 0) is 13.3 Å². The van der Waals surface area contributed by atoms with Crippen LogP contribution in [0.3, 0.4) is 0 Å². The zero-order chi connectivity index (χ0) is 14.9. The molecule has 0 saturated heterocycles. The number of hydrogen-bond donors (Lipinski definition) is 0. The lowest BCUT2D eigenvalue weighted by Crippen LogP contribution is -1.89. The molecule has 4 heteroatoms. The van der Waals surface area contributed by atoms with Gasteiger partial charge in [-0.1, -0.05) is 77.6 Å². The molecule has 0 aliphatic carbocycles. The fourth-order valence-electron chi connectivity index (χ4n) is 2.22. The van der Waals surface area contributed by atoms with Gasteiger partial charge in [-0.3, -0.25) is 0 Å². The average Bonchev–Trinajstić information content (AvgIpc) is 2.44. The van der Waals surface area contributed by atoms with Crippen molar-refractivity contribution in [2.45, 2.75) is 90.9 Å². The molecular weight excluding hydrogens is 271 g/mol. The molecule has 0 heterocycles. The van der Waals surface area contributed by atoms with Crippen LogP contribution in [0.25, 0.3) is 0 Å². The normalized spacial score (nSPS) is 11.8. The van der Waals surface area contributed by atoms with E-state index >= 15 is 0 Å². The van der Waals surface area contributed by atoms with E-state index in [0.29, 0.717) is 13.2 Å². The second-order valence-electron chi connectivity index (χ2n) is 5.36. The van der Waals surface area contributed by atoms with Crippen molar-refractivity contribution in [2.24, 2.45) is 0 Å². The summed E-state index contributed by atoms with van der Waals surface area (Å²) in [5, 5.41) is 0. The van der Waals surface area contributed by atoms with E-state index in [1.807, 2.05) is 6.92 Å². The maximum absolute atomic E-state index is 11.0. The van der Waals surface area contributed by atoms with Crippen LogP contribution in [-0.2, 0) is 13.6 Å². The second-order valence-corrected chi connectivity index (χ2v) is 6.33. The van der Waals surface area contributed by atoms with Gasteiger partial charge in [0, 0.05) is 4.57 Å². The number of hydrogen-bond acceptors (Lipinski definition) is 3. The van der Waals surface area contributed by atoms with Crippen LogP contribution in [0, 0.1) is 0 Å². The van der Waals surface area contributed by atoms with Gasteiger partial charge in [0.25, 0.3) is 0 Å². The van der Waals surface area contributed by atoms with Gasteiger partial charge in [0.1, 0.15) is 13.2 Å². The molecule has 0 aliphatic rings. The van der Waals surface area contributed by atoms with Gasteiger partial charge in [0.2, 0.25) is 0 Å². The molecule has 0 aliphatic heterocycles.